The zero-order valence-corrected chi connectivity index (χ0v) is 12.8. The van der Waals surface area contributed by atoms with Crippen molar-refractivity contribution in [3.63, 3.8) is 0 Å². The summed E-state index contributed by atoms with van der Waals surface area (Å²) in [6.45, 7) is 7.16. The lowest BCUT2D eigenvalue weighted by Gasteiger charge is -2.23. The molecule has 1 atom stereocenters. The van der Waals surface area contributed by atoms with Crippen LogP contribution in [0.5, 0.6) is 5.75 Å². The van der Waals surface area contributed by atoms with Gasteiger partial charge in [0.25, 0.3) is 0 Å². The van der Waals surface area contributed by atoms with E-state index in [1.165, 1.54) is 5.56 Å². The van der Waals surface area contributed by atoms with Gasteiger partial charge in [-0.1, -0.05) is 26.0 Å². The average Bonchev–Trinajstić information content (AvgIpc) is 2.41. The molecule has 0 radical (unpaired) electrons. The number of nitrogens with zero attached hydrogens (tertiary/aromatic N) is 1. The topological polar surface area (TPSA) is 24.5 Å². The fourth-order valence-corrected chi connectivity index (χ4v) is 1.99. The lowest BCUT2D eigenvalue weighted by atomic mass is 10.1. The molecule has 0 fully saturated rings. The monoisotopic (exact) mass is 264 g/mol. The summed E-state index contributed by atoms with van der Waals surface area (Å²) >= 11 is 0. The van der Waals surface area contributed by atoms with Crippen LogP contribution in [0.3, 0.4) is 0 Å². The molecule has 1 rings (SSSR count). The van der Waals surface area contributed by atoms with E-state index in [0.717, 1.165) is 38.3 Å². The first kappa shape index (κ1) is 16.0. The first-order valence-electron chi connectivity index (χ1n) is 7.28. The van der Waals surface area contributed by atoms with Crippen molar-refractivity contribution in [1.29, 1.82) is 0 Å². The second kappa shape index (κ2) is 8.94. The van der Waals surface area contributed by atoms with Gasteiger partial charge in [0, 0.05) is 12.6 Å². The van der Waals surface area contributed by atoms with Crippen LogP contribution < -0.4 is 10.1 Å². The Morgan fingerprint density at radius 1 is 1.11 bits per heavy atom. The number of hydrogen-bond donors (Lipinski definition) is 1. The van der Waals surface area contributed by atoms with E-state index in [9.17, 15) is 0 Å². The number of hydrogen-bond acceptors (Lipinski definition) is 3. The Bertz CT molecular complexity index is 335. The summed E-state index contributed by atoms with van der Waals surface area (Å²) in [7, 11) is 4.22. The van der Waals surface area contributed by atoms with Crippen molar-refractivity contribution in [3.05, 3.63) is 29.8 Å². The van der Waals surface area contributed by atoms with Gasteiger partial charge in [0.05, 0.1) is 6.61 Å². The van der Waals surface area contributed by atoms with Crippen LogP contribution in [-0.2, 0) is 0 Å². The van der Waals surface area contributed by atoms with Crippen LogP contribution in [-0.4, -0.2) is 38.7 Å². The molecule has 0 saturated carbocycles. The first-order chi connectivity index (χ1) is 9.17. The predicted octanol–water partition coefficient (Wildman–Crippen LogP) is 3.08. The zero-order chi connectivity index (χ0) is 14.1. The smallest absolute Gasteiger partial charge is 0.119 e. The van der Waals surface area contributed by atoms with Crippen LogP contribution >= 0.6 is 0 Å². The minimum Gasteiger partial charge on any atom is -0.494 e. The van der Waals surface area contributed by atoms with E-state index in [4.69, 9.17) is 4.74 Å². The van der Waals surface area contributed by atoms with Gasteiger partial charge in [-0.25, -0.2) is 0 Å². The highest BCUT2D eigenvalue weighted by atomic mass is 16.5. The van der Waals surface area contributed by atoms with Gasteiger partial charge in [-0.3, -0.25) is 0 Å². The highest BCUT2D eigenvalue weighted by molar-refractivity contribution is 5.29. The zero-order valence-electron chi connectivity index (χ0n) is 12.8. The first-order valence-corrected chi connectivity index (χ1v) is 7.28. The van der Waals surface area contributed by atoms with Gasteiger partial charge >= 0.3 is 0 Å². The third-order valence-corrected chi connectivity index (χ3v) is 2.94. The molecule has 0 amide bonds. The van der Waals surface area contributed by atoms with Crippen LogP contribution in [0.4, 0.5) is 0 Å². The van der Waals surface area contributed by atoms with Crippen LogP contribution in [0, 0.1) is 0 Å². The lowest BCUT2D eigenvalue weighted by molar-refractivity contribution is 0.316. The molecule has 0 aliphatic carbocycles. The second-order valence-electron chi connectivity index (χ2n) is 5.19. The second-order valence-corrected chi connectivity index (χ2v) is 5.19. The minimum atomic E-state index is 0.384. The molecular weight excluding hydrogens is 236 g/mol. The molecule has 0 spiro atoms. The molecule has 0 heterocycles. The Kier molecular flexibility index (Phi) is 7.53. The van der Waals surface area contributed by atoms with Crippen molar-refractivity contribution in [2.45, 2.75) is 32.7 Å². The Morgan fingerprint density at radius 2 is 1.79 bits per heavy atom. The van der Waals surface area contributed by atoms with Crippen LogP contribution in [0.15, 0.2) is 24.3 Å². The molecule has 108 valence electrons. The third-order valence-electron chi connectivity index (χ3n) is 2.94. The lowest BCUT2D eigenvalue weighted by Crippen LogP contribution is -2.31. The standard InChI is InChI=1S/C16H28N2O/c1-5-11-17-16(13-18(3)4)14-7-9-15(10-8-14)19-12-6-2/h7-10,16-17H,5-6,11-13H2,1-4H3. The van der Waals surface area contributed by atoms with E-state index in [1.807, 2.05) is 0 Å². The highest BCUT2D eigenvalue weighted by Crippen LogP contribution is 2.18. The van der Waals surface area contributed by atoms with Gasteiger partial charge in [-0.15, -0.1) is 0 Å². The van der Waals surface area contributed by atoms with Crippen molar-refractivity contribution >= 4 is 0 Å². The number of nitrogens with one attached hydrogen (secondary N) is 1. The van der Waals surface area contributed by atoms with Gasteiger partial charge in [0.2, 0.25) is 0 Å². The van der Waals surface area contributed by atoms with Gasteiger partial charge in [0.15, 0.2) is 0 Å². The van der Waals surface area contributed by atoms with Crippen molar-refractivity contribution < 1.29 is 4.74 Å². The summed E-state index contributed by atoms with van der Waals surface area (Å²) in [6.07, 6.45) is 2.20. The normalized spacial score (nSPS) is 12.7. The minimum absolute atomic E-state index is 0.384. The Balaban J connectivity index is 2.66. The Hall–Kier alpha value is -1.06. The average molecular weight is 264 g/mol. The molecule has 0 saturated heterocycles. The predicted molar refractivity (Wildman–Crippen MR) is 81.8 cm³/mol. The van der Waals surface area contributed by atoms with E-state index in [-0.39, 0.29) is 0 Å². The number of ether oxygens (including phenoxy) is 1. The van der Waals surface area contributed by atoms with E-state index in [1.54, 1.807) is 0 Å². The van der Waals surface area contributed by atoms with Crippen LogP contribution in [0.25, 0.3) is 0 Å². The number of rotatable bonds is 9. The summed E-state index contributed by atoms with van der Waals surface area (Å²) in [5.41, 5.74) is 1.32. The molecular formula is C16H28N2O. The molecule has 1 aromatic rings. The van der Waals surface area contributed by atoms with Gasteiger partial charge in [0.1, 0.15) is 5.75 Å². The van der Waals surface area contributed by atoms with Gasteiger partial charge in [-0.2, -0.15) is 0 Å². The molecule has 3 nitrogen and oxygen atoms in total. The summed E-state index contributed by atoms with van der Waals surface area (Å²) in [4.78, 5) is 2.22. The quantitative estimate of drug-likeness (QED) is 0.742. The van der Waals surface area contributed by atoms with Crippen molar-refractivity contribution in [2.24, 2.45) is 0 Å². The fraction of sp³-hybridized carbons (Fsp3) is 0.625. The maximum absolute atomic E-state index is 5.62. The van der Waals surface area contributed by atoms with E-state index in [0.29, 0.717) is 6.04 Å². The van der Waals surface area contributed by atoms with E-state index in [2.05, 4.69) is 62.4 Å². The van der Waals surface area contributed by atoms with Crippen molar-refractivity contribution in [3.8, 4) is 5.75 Å². The molecule has 1 unspecified atom stereocenters. The molecule has 3 heteroatoms. The summed E-state index contributed by atoms with van der Waals surface area (Å²) in [5, 5.41) is 3.60. The molecule has 1 N–H and O–H groups in total. The highest BCUT2D eigenvalue weighted by Gasteiger charge is 2.11. The van der Waals surface area contributed by atoms with Crippen LogP contribution in [0.2, 0.25) is 0 Å². The number of likely N-dealkylation sites (N-methyl/N-ethyl adjacent to an activating group) is 1. The van der Waals surface area contributed by atoms with Crippen LogP contribution in [0.1, 0.15) is 38.3 Å². The van der Waals surface area contributed by atoms with Crippen molar-refractivity contribution in [2.75, 3.05) is 33.8 Å². The SMILES string of the molecule is CCCNC(CN(C)C)c1ccc(OCCC)cc1. The molecule has 0 aromatic heterocycles. The Labute approximate surface area is 118 Å². The largest absolute Gasteiger partial charge is 0.494 e. The Morgan fingerprint density at radius 3 is 2.32 bits per heavy atom. The maximum atomic E-state index is 5.62. The van der Waals surface area contributed by atoms with E-state index < -0.39 is 0 Å². The van der Waals surface area contributed by atoms with Gasteiger partial charge in [-0.05, 0) is 51.2 Å². The molecule has 0 bridgehead atoms. The summed E-state index contributed by atoms with van der Waals surface area (Å²) in [6, 6.07) is 8.86. The summed E-state index contributed by atoms with van der Waals surface area (Å²) < 4.78 is 5.62. The molecule has 0 aliphatic heterocycles. The molecule has 0 aliphatic rings. The van der Waals surface area contributed by atoms with Gasteiger partial charge < -0.3 is 15.0 Å². The molecule has 1 aromatic carbocycles. The number of benzene rings is 1. The third kappa shape index (κ3) is 6.08. The maximum Gasteiger partial charge on any atom is 0.119 e. The summed E-state index contributed by atoms with van der Waals surface area (Å²) in [5.74, 6) is 0.963. The van der Waals surface area contributed by atoms with E-state index >= 15 is 0 Å². The fourth-order valence-electron chi connectivity index (χ4n) is 1.99. The van der Waals surface area contributed by atoms with Crippen molar-refractivity contribution in [1.82, 2.24) is 10.2 Å². The molecule has 19 heavy (non-hydrogen) atoms.